The number of aromatic carboxylic acids is 1. The molecule has 0 radical (unpaired) electrons. The molecule has 1 unspecified atom stereocenters. The van der Waals surface area contributed by atoms with E-state index in [4.69, 9.17) is 5.11 Å². The molecule has 82 valence electrons. The minimum atomic E-state index is -1.22. The van der Waals surface area contributed by atoms with Crippen LogP contribution in [0.3, 0.4) is 0 Å². The monoisotopic (exact) mass is 213 g/mol. The molecule has 0 aliphatic carbocycles. The van der Waals surface area contributed by atoms with Crippen LogP contribution in [-0.2, 0) is 0 Å². The topological polar surface area (TPSA) is 68.0 Å². The minimum Gasteiger partial charge on any atom is -0.475 e. The van der Waals surface area contributed by atoms with Crippen LogP contribution in [-0.4, -0.2) is 25.8 Å². The lowest BCUT2D eigenvalue weighted by Gasteiger charge is -2.14. The maximum Gasteiger partial charge on any atom is 0.375 e. The van der Waals surface area contributed by atoms with Crippen LogP contribution in [0.15, 0.2) is 0 Å². The second-order valence-electron chi connectivity index (χ2n) is 4.06. The Hall–Kier alpha value is -1.46. The average Bonchev–Trinajstić information content (AvgIpc) is 2.66. The lowest BCUT2D eigenvalue weighted by Crippen LogP contribution is -2.13. The molecule has 0 bridgehead atoms. The minimum absolute atomic E-state index is 0.0874. The highest BCUT2D eigenvalue weighted by Gasteiger charge is 2.36. The van der Waals surface area contributed by atoms with Gasteiger partial charge in [0, 0.05) is 6.42 Å². The zero-order chi connectivity index (χ0) is 11.2. The molecule has 0 spiro atoms. The van der Waals surface area contributed by atoms with Gasteiger partial charge in [0.05, 0.1) is 6.04 Å². The molecule has 1 aliphatic heterocycles. The van der Waals surface area contributed by atoms with E-state index in [2.05, 4.69) is 10.1 Å². The Kier molecular flexibility index (Phi) is 2.21. The van der Waals surface area contributed by atoms with E-state index in [1.807, 2.05) is 13.8 Å². The fourth-order valence-corrected chi connectivity index (χ4v) is 1.86. The molecule has 2 rings (SSSR count). The molecule has 1 aromatic heterocycles. The van der Waals surface area contributed by atoms with E-state index in [0.29, 0.717) is 6.42 Å². The molecular weight excluding hydrogens is 201 g/mol. The quantitative estimate of drug-likeness (QED) is 0.809. The first kappa shape index (κ1) is 10.1. The van der Waals surface area contributed by atoms with Crippen molar-refractivity contribution >= 4 is 5.97 Å². The number of fused-ring (bicyclic) bond motifs is 1. The molecule has 1 aliphatic rings. The van der Waals surface area contributed by atoms with E-state index in [1.54, 1.807) is 0 Å². The summed E-state index contributed by atoms with van der Waals surface area (Å²) < 4.78 is 14.9. The van der Waals surface area contributed by atoms with Crippen molar-refractivity contribution in [2.24, 2.45) is 5.92 Å². The van der Waals surface area contributed by atoms with Crippen molar-refractivity contribution in [2.75, 3.05) is 0 Å². The number of aromatic nitrogens is 3. The molecule has 0 fully saturated rings. The third kappa shape index (κ3) is 1.49. The molecule has 2 heterocycles. The van der Waals surface area contributed by atoms with Crippen molar-refractivity contribution in [2.45, 2.75) is 32.5 Å². The molecule has 1 aromatic rings. The highest BCUT2D eigenvalue weighted by Crippen LogP contribution is 2.39. The molecule has 0 saturated heterocycles. The van der Waals surface area contributed by atoms with Crippen LogP contribution in [0.4, 0.5) is 4.39 Å². The van der Waals surface area contributed by atoms with Gasteiger partial charge in [-0.1, -0.05) is 13.8 Å². The molecular formula is C9H12FN3O2. The Morgan fingerprint density at radius 1 is 1.67 bits per heavy atom. The number of carbonyl (C=O) groups is 1. The van der Waals surface area contributed by atoms with Gasteiger partial charge in [0.1, 0.15) is 0 Å². The zero-order valence-corrected chi connectivity index (χ0v) is 8.51. The Bertz CT molecular complexity index is 402. The van der Waals surface area contributed by atoms with Gasteiger partial charge in [-0.05, 0) is 5.92 Å². The van der Waals surface area contributed by atoms with Crippen molar-refractivity contribution < 1.29 is 14.3 Å². The van der Waals surface area contributed by atoms with Crippen molar-refractivity contribution in [1.82, 2.24) is 14.8 Å². The number of rotatable bonds is 2. The molecule has 1 N–H and O–H groups in total. The second-order valence-corrected chi connectivity index (χ2v) is 4.06. The molecule has 0 saturated carbocycles. The lowest BCUT2D eigenvalue weighted by atomic mass is 10.0. The summed E-state index contributed by atoms with van der Waals surface area (Å²) in [5.74, 6) is -1.18. The third-order valence-electron chi connectivity index (χ3n) is 2.66. The smallest absolute Gasteiger partial charge is 0.375 e. The van der Waals surface area contributed by atoms with E-state index in [9.17, 15) is 9.18 Å². The number of hydrogen-bond donors (Lipinski definition) is 1. The SMILES string of the molecule is CC(C)C1C[C@H](F)c2nc(C(=O)O)nn21. The Morgan fingerprint density at radius 2 is 2.33 bits per heavy atom. The van der Waals surface area contributed by atoms with Crippen molar-refractivity contribution in [3.8, 4) is 0 Å². The van der Waals surface area contributed by atoms with Gasteiger partial charge in [-0.2, -0.15) is 0 Å². The summed E-state index contributed by atoms with van der Waals surface area (Å²) in [6, 6.07) is -0.0874. The van der Waals surface area contributed by atoms with Gasteiger partial charge in [0.15, 0.2) is 12.0 Å². The van der Waals surface area contributed by atoms with E-state index < -0.39 is 12.1 Å². The summed E-state index contributed by atoms with van der Waals surface area (Å²) in [4.78, 5) is 14.3. The third-order valence-corrected chi connectivity index (χ3v) is 2.66. The summed E-state index contributed by atoms with van der Waals surface area (Å²) in [7, 11) is 0. The maximum absolute atomic E-state index is 13.5. The van der Waals surface area contributed by atoms with Gasteiger partial charge in [0.2, 0.25) is 0 Å². The summed E-state index contributed by atoms with van der Waals surface area (Å²) in [6.45, 7) is 3.91. The first-order chi connectivity index (χ1) is 7.00. The summed E-state index contributed by atoms with van der Waals surface area (Å²) in [5.41, 5.74) is 0. The number of halogens is 1. The number of alkyl halides is 1. The molecule has 0 aromatic carbocycles. The zero-order valence-electron chi connectivity index (χ0n) is 8.51. The van der Waals surface area contributed by atoms with Crippen LogP contribution in [0.5, 0.6) is 0 Å². The molecule has 15 heavy (non-hydrogen) atoms. The van der Waals surface area contributed by atoms with Crippen LogP contribution in [0.25, 0.3) is 0 Å². The van der Waals surface area contributed by atoms with E-state index in [1.165, 1.54) is 4.68 Å². The number of carboxylic acid groups (broad SMARTS) is 1. The number of nitrogens with zero attached hydrogens (tertiary/aromatic N) is 3. The standard InChI is InChI=1S/C9H12FN3O2/c1-4(2)6-3-5(10)8-11-7(9(14)15)12-13(6)8/h4-6H,3H2,1-2H3,(H,14,15)/t5-,6?/m0/s1. The van der Waals surface area contributed by atoms with E-state index >= 15 is 0 Å². The predicted octanol–water partition coefficient (Wildman–Crippen LogP) is 1.59. The molecule has 5 nitrogen and oxygen atoms in total. The van der Waals surface area contributed by atoms with Gasteiger partial charge in [-0.3, -0.25) is 0 Å². The highest BCUT2D eigenvalue weighted by molar-refractivity contribution is 5.82. The highest BCUT2D eigenvalue weighted by atomic mass is 19.1. The first-order valence-corrected chi connectivity index (χ1v) is 4.84. The van der Waals surface area contributed by atoms with Crippen molar-refractivity contribution in [1.29, 1.82) is 0 Å². The average molecular weight is 213 g/mol. The van der Waals surface area contributed by atoms with Crippen LogP contribution in [0.1, 0.15) is 48.9 Å². The van der Waals surface area contributed by atoms with Gasteiger partial charge in [0.25, 0.3) is 5.82 Å². The number of carboxylic acids is 1. The predicted molar refractivity (Wildman–Crippen MR) is 49.3 cm³/mol. The van der Waals surface area contributed by atoms with Crippen molar-refractivity contribution in [3.05, 3.63) is 11.6 Å². The van der Waals surface area contributed by atoms with E-state index in [-0.39, 0.29) is 23.6 Å². The fourth-order valence-electron chi connectivity index (χ4n) is 1.86. The second kappa shape index (κ2) is 3.29. The van der Waals surface area contributed by atoms with Gasteiger partial charge in [-0.25, -0.2) is 18.9 Å². The van der Waals surface area contributed by atoms with Gasteiger partial charge in [-0.15, -0.1) is 5.10 Å². The summed E-state index contributed by atoms with van der Waals surface area (Å²) >= 11 is 0. The van der Waals surface area contributed by atoms with E-state index in [0.717, 1.165) is 0 Å². The van der Waals surface area contributed by atoms with Gasteiger partial charge < -0.3 is 5.11 Å². The van der Waals surface area contributed by atoms with Crippen LogP contribution >= 0.6 is 0 Å². The maximum atomic E-state index is 13.5. The molecule has 2 atom stereocenters. The molecule has 6 heteroatoms. The van der Waals surface area contributed by atoms with Gasteiger partial charge >= 0.3 is 5.97 Å². The normalized spacial score (nSPS) is 24.5. The molecule has 0 amide bonds. The first-order valence-electron chi connectivity index (χ1n) is 4.84. The Morgan fingerprint density at radius 3 is 2.87 bits per heavy atom. The number of hydrogen-bond acceptors (Lipinski definition) is 3. The lowest BCUT2D eigenvalue weighted by molar-refractivity contribution is 0.0682. The Balaban J connectivity index is 2.41. The summed E-state index contributed by atoms with van der Waals surface area (Å²) in [6.07, 6.45) is -0.856. The van der Waals surface area contributed by atoms with Crippen molar-refractivity contribution in [3.63, 3.8) is 0 Å². The van der Waals surface area contributed by atoms with Crippen LogP contribution in [0.2, 0.25) is 0 Å². The fraction of sp³-hybridized carbons (Fsp3) is 0.667. The Labute approximate surface area is 85.9 Å². The van der Waals surface area contributed by atoms with Crippen LogP contribution < -0.4 is 0 Å². The summed E-state index contributed by atoms with van der Waals surface area (Å²) in [5, 5.41) is 12.5. The largest absolute Gasteiger partial charge is 0.475 e. The van der Waals surface area contributed by atoms with Crippen LogP contribution in [0, 0.1) is 5.92 Å².